The quantitative estimate of drug-likeness (QED) is 0.647. The van der Waals surface area contributed by atoms with Crippen molar-refractivity contribution in [1.82, 2.24) is 4.98 Å². The van der Waals surface area contributed by atoms with Gasteiger partial charge in [-0.3, -0.25) is 0 Å². The van der Waals surface area contributed by atoms with Gasteiger partial charge in [0.15, 0.2) is 0 Å². The maximum Gasteiger partial charge on any atom is 0.0981 e. The summed E-state index contributed by atoms with van der Waals surface area (Å²) in [6.45, 7) is 6.67. The molecule has 0 amide bonds. The summed E-state index contributed by atoms with van der Waals surface area (Å²) in [6, 6.07) is 0. The highest BCUT2D eigenvalue weighted by Crippen LogP contribution is 2.41. The van der Waals surface area contributed by atoms with Gasteiger partial charge in [0.05, 0.1) is 10.7 Å². The van der Waals surface area contributed by atoms with Crippen LogP contribution in [0, 0.1) is 0 Å². The molecule has 0 aliphatic heterocycles. The van der Waals surface area contributed by atoms with Crippen LogP contribution in [0.1, 0.15) is 50.2 Å². The van der Waals surface area contributed by atoms with Gasteiger partial charge in [-0.05, 0) is 12.8 Å². The smallest absolute Gasteiger partial charge is 0.0981 e. The second kappa shape index (κ2) is 2.56. The van der Waals surface area contributed by atoms with Gasteiger partial charge in [0.1, 0.15) is 0 Å². The van der Waals surface area contributed by atoms with E-state index in [9.17, 15) is 0 Å². The zero-order valence-corrected chi connectivity index (χ0v) is 8.74. The van der Waals surface area contributed by atoms with Crippen LogP contribution in [-0.4, -0.2) is 4.98 Å². The Labute approximate surface area is 77.8 Å². The van der Waals surface area contributed by atoms with E-state index in [1.165, 1.54) is 23.5 Å². The van der Waals surface area contributed by atoms with Gasteiger partial charge in [-0.1, -0.05) is 20.8 Å². The molecule has 0 radical (unpaired) electrons. The first-order valence-electron chi connectivity index (χ1n) is 4.53. The van der Waals surface area contributed by atoms with Crippen LogP contribution in [-0.2, 0) is 5.41 Å². The van der Waals surface area contributed by atoms with Crippen molar-refractivity contribution in [2.24, 2.45) is 0 Å². The van der Waals surface area contributed by atoms with Crippen LogP contribution in [0.3, 0.4) is 0 Å². The van der Waals surface area contributed by atoms with Crippen molar-refractivity contribution < 1.29 is 0 Å². The van der Waals surface area contributed by atoms with E-state index in [0.717, 1.165) is 5.92 Å². The molecule has 1 nitrogen and oxygen atoms in total. The van der Waals surface area contributed by atoms with E-state index in [0.29, 0.717) is 0 Å². The number of nitrogens with zero attached hydrogens (tertiary/aromatic N) is 1. The highest BCUT2D eigenvalue weighted by atomic mass is 32.1. The molecule has 1 heterocycles. The lowest BCUT2D eigenvalue weighted by Gasteiger charge is -2.13. The summed E-state index contributed by atoms with van der Waals surface area (Å²) in [5, 5.41) is 3.52. The first-order chi connectivity index (χ1) is 5.57. The highest BCUT2D eigenvalue weighted by Gasteiger charge is 2.27. The molecule has 2 rings (SSSR count). The fourth-order valence-corrected chi connectivity index (χ4v) is 2.19. The largest absolute Gasteiger partial charge is 0.245 e. The molecule has 66 valence electrons. The molecule has 2 heteroatoms. The molecule has 0 atom stereocenters. The minimum Gasteiger partial charge on any atom is -0.245 e. The summed E-state index contributed by atoms with van der Waals surface area (Å²) in [5.74, 6) is 0.803. The molecule has 0 saturated heterocycles. The van der Waals surface area contributed by atoms with E-state index < -0.39 is 0 Å². The zero-order valence-electron chi connectivity index (χ0n) is 7.92. The lowest BCUT2D eigenvalue weighted by molar-refractivity contribution is 0.583. The molecular weight excluding hydrogens is 166 g/mol. The van der Waals surface area contributed by atoms with Gasteiger partial charge >= 0.3 is 0 Å². The SMILES string of the molecule is CC(C)(C)c1nc(C2CC2)cs1. The van der Waals surface area contributed by atoms with Crippen LogP contribution < -0.4 is 0 Å². The molecule has 1 fully saturated rings. The van der Waals surface area contributed by atoms with Gasteiger partial charge in [0, 0.05) is 16.7 Å². The van der Waals surface area contributed by atoms with Crippen LogP contribution in [0.15, 0.2) is 5.38 Å². The highest BCUT2D eigenvalue weighted by molar-refractivity contribution is 7.09. The van der Waals surface area contributed by atoms with E-state index in [4.69, 9.17) is 0 Å². The zero-order chi connectivity index (χ0) is 8.77. The topological polar surface area (TPSA) is 12.9 Å². The molecule has 0 bridgehead atoms. The minimum absolute atomic E-state index is 0.234. The van der Waals surface area contributed by atoms with Gasteiger partial charge < -0.3 is 0 Å². The molecule has 1 saturated carbocycles. The fraction of sp³-hybridized carbons (Fsp3) is 0.700. The van der Waals surface area contributed by atoms with Crippen molar-refractivity contribution in [3.8, 4) is 0 Å². The predicted molar refractivity (Wildman–Crippen MR) is 52.8 cm³/mol. The average Bonchev–Trinajstić information content (AvgIpc) is 2.66. The predicted octanol–water partition coefficient (Wildman–Crippen LogP) is 3.32. The minimum atomic E-state index is 0.234. The summed E-state index contributed by atoms with van der Waals surface area (Å²) in [4.78, 5) is 4.66. The van der Waals surface area contributed by atoms with Gasteiger partial charge in [-0.2, -0.15) is 0 Å². The summed E-state index contributed by atoms with van der Waals surface area (Å²) in [6.07, 6.45) is 2.71. The van der Waals surface area contributed by atoms with Crippen molar-refractivity contribution in [1.29, 1.82) is 0 Å². The number of aromatic nitrogens is 1. The Morgan fingerprint density at radius 2 is 2.08 bits per heavy atom. The molecule has 1 aliphatic carbocycles. The van der Waals surface area contributed by atoms with Crippen LogP contribution in [0.2, 0.25) is 0 Å². The standard InChI is InChI=1S/C10H15NS/c1-10(2,3)9-11-8(6-12-9)7-4-5-7/h6-7H,4-5H2,1-3H3. The molecule has 0 unspecified atom stereocenters. The first kappa shape index (κ1) is 8.24. The third kappa shape index (κ3) is 1.53. The monoisotopic (exact) mass is 181 g/mol. The number of hydrogen-bond donors (Lipinski definition) is 0. The molecule has 1 aromatic heterocycles. The van der Waals surface area contributed by atoms with Crippen molar-refractivity contribution in [2.45, 2.75) is 44.9 Å². The van der Waals surface area contributed by atoms with E-state index in [1.54, 1.807) is 0 Å². The fourth-order valence-electron chi connectivity index (χ4n) is 1.20. The van der Waals surface area contributed by atoms with E-state index in [-0.39, 0.29) is 5.41 Å². The summed E-state index contributed by atoms with van der Waals surface area (Å²) >= 11 is 1.81. The molecule has 0 N–H and O–H groups in total. The summed E-state index contributed by atoms with van der Waals surface area (Å²) < 4.78 is 0. The average molecular weight is 181 g/mol. The van der Waals surface area contributed by atoms with Crippen molar-refractivity contribution in [2.75, 3.05) is 0 Å². The molecule has 1 aliphatic rings. The second-order valence-electron chi connectivity index (χ2n) is 4.60. The van der Waals surface area contributed by atoms with Crippen molar-refractivity contribution in [3.05, 3.63) is 16.1 Å². The van der Waals surface area contributed by atoms with Gasteiger partial charge in [0.25, 0.3) is 0 Å². The Morgan fingerprint density at radius 3 is 2.50 bits per heavy atom. The van der Waals surface area contributed by atoms with Gasteiger partial charge in [-0.15, -0.1) is 11.3 Å². The van der Waals surface area contributed by atoms with Crippen LogP contribution >= 0.6 is 11.3 Å². The van der Waals surface area contributed by atoms with Crippen LogP contribution in [0.5, 0.6) is 0 Å². The number of thiazole rings is 1. The van der Waals surface area contributed by atoms with Crippen molar-refractivity contribution >= 4 is 11.3 Å². The Kier molecular flexibility index (Phi) is 1.76. The molecule has 12 heavy (non-hydrogen) atoms. The Balaban J connectivity index is 2.23. The number of rotatable bonds is 1. The van der Waals surface area contributed by atoms with Crippen LogP contribution in [0.4, 0.5) is 0 Å². The molecule has 0 spiro atoms. The molecular formula is C10H15NS. The lowest BCUT2D eigenvalue weighted by Crippen LogP contribution is -2.10. The normalized spacial score (nSPS) is 18.2. The summed E-state index contributed by atoms with van der Waals surface area (Å²) in [5.41, 5.74) is 1.57. The maximum absolute atomic E-state index is 4.66. The van der Waals surface area contributed by atoms with E-state index in [1.807, 2.05) is 11.3 Å². The molecule has 1 aromatic rings. The third-order valence-electron chi connectivity index (χ3n) is 2.16. The van der Waals surface area contributed by atoms with Crippen molar-refractivity contribution in [3.63, 3.8) is 0 Å². The number of hydrogen-bond acceptors (Lipinski definition) is 2. The Bertz CT molecular complexity index is 278. The third-order valence-corrected chi connectivity index (χ3v) is 3.45. The van der Waals surface area contributed by atoms with Crippen LogP contribution in [0.25, 0.3) is 0 Å². The van der Waals surface area contributed by atoms with E-state index >= 15 is 0 Å². The Morgan fingerprint density at radius 1 is 1.42 bits per heavy atom. The van der Waals surface area contributed by atoms with Gasteiger partial charge in [0.2, 0.25) is 0 Å². The molecule has 0 aromatic carbocycles. The second-order valence-corrected chi connectivity index (χ2v) is 5.46. The maximum atomic E-state index is 4.66. The van der Waals surface area contributed by atoms with E-state index in [2.05, 4.69) is 31.1 Å². The lowest BCUT2D eigenvalue weighted by atomic mass is 9.98. The Hall–Kier alpha value is -0.370. The van der Waals surface area contributed by atoms with Gasteiger partial charge in [-0.25, -0.2) is 4.98 Å². The first-order valence-corrected chi connectivity index (χ1v) is 5.41. The summed E-state index contributed by atoms with van der Waals surface area (Å²) in [7, 11) is 0.